The lowest BCUT2D eigenvalue weighted by Gasteiger charge is -2.24. The second-order valence-electron chi connectivity index (χ2n) is 7.82. The fraction of sp³-hybridized carbons (Fsp3) is 0.231. The Labute approximate surface area is 198 Å². The largest absolute Gasteiger partial charge is 0.312 e. The van der Waals surface area contributed by atoms with Crippen molar-refractivity contribution in [3.63, 3.8) is 0 Å². The molecule has 1 atom stereocenters. The quantitative estimate of drug-likeness (QED) is 0.344. The number of hydrogen-bond donors (Lipinski definition) is 0. The van der Waals surface area contributed by atoms with Crippen molar-refractivity contribution in [2.24, 2.45) is 0 Å². The number of hydrogen-bond acceptors (Lipinski definition) is 5. The number of rotatable bonds is 7. The SMILES string of the molecule is CCN(C(=O)C(C)Sc1nnc(-c2ccncc2)n1-c1ccc(C)c(C)c1)c1ccccc1. The van der Waals surface area contributed by atoms with Crippen LogP contribution in [0.3, 0.4) is 0 Å². The van der Waals surface area contributed by atoms with E-state index < -0.39 is 0 Å². The smallest absolute Gasteiger partial charge is 0.240 e. The molecular weight excluding hydrogens is 430 g/mol. The topological polar surface area (TPSA) is 63.9 Å². The number of thioether (sulfide) groups is 1. The van der Waals surface area contributed by atoms with Gasteiger partial charge in [0.25, 0.3) is 0 Å². The fourth-order valence-corrected chi connectivity index (χ4v) is 4.56. The molecule has 2 aromatic carbocycles. The van der Waals surface area contributed by atoms with Gasteiger partial charge >= 0.3 is 0 Å². The first-order valence-electron chi connectivity index (χ1n) is 11.0. The highest BCUT2D eigenvalue weighted by molar-refractivity contribution is 8.00. The lowest BCUT2D eigenvalue weighted by molar-refractivity contribution is -0.117. The van der Waals surface area contributed by atoms with Gasteiger partial charge in [-0.1, -0.05) is 36.0 Å². The zero-order valence-corrected chi connectivity index (χ0v) is 20.1. The Morgan fingerprint density at radius 1 is 1.00 bits per heavy atom. The first-order valence-corrected chi connectivity index (χ1v) is 11.8. The van der Waals surface area contributed by atoms with Crippen molar-refractivity contribution >= 4 is 23.4 Å². The molecule has 168 valence electrons. The third kappa shape index (κ3) is 4.83. The van der Waals surface area contributed by atoms with E-state index in [0.717, 1.165) is 22.8 Å². The average Bonchev–Trinajstić information content (AvgIpc) is 3.26. The minimum Gasteiger partial charge on any atom is -0.312 e. The summed E-state index contributed by atoms with van der Waals surface area (Å²) in [7, 11) is 0. The molecule has 4 rings (SSSR count). The molecule has 0 aliphatic heterocycles. The number of carbonyl (C=O) groups excluding carboxylic acids is 1. The fourth-order valence-electron chi connectivity index (χ4n) is 3.63. The van der Waals surface area contributed by atoms with Crippen molar-refractivity contribution in [3.8, 4) is 17.1 Å². The van der Waals surface area contributed by atoms with Crippen molar-refractivity contribution in [3.05, 3.63) is 84.2 Å². The molecule has 0 saturated heterocycles. The summed E-state index contributed by atoms with van der Waals surface area (Å²) in [6.07, 6.45) is 3.49. The molecule has 0 bridgehead atoms. The van der Waals surface area contributed by atoms with Gasteiger partial charge in [-0.05, 0) is 75.2 Å². The molecule has 33 heavy (non-hydrogen) atoms. The molecule has 2 heterocycles. The van der Waals surface area contributed by atoms with Crippen LogP contribution in [0, 0.1) is 13.8 Å². The van der Waals surface area contributed by atoms with Gasteiger partial charge in [0.1, 0.15) is 0 Å². The number of nitrogens with zero attached hydrogens (tertiary/aromatic N) is 5. The summed E-state index contributed by atoms with van der Waals surface area (Å²) < 4.78 is 2.02. The zero-order chi connectivity index (χ0) is 23.4. The Morgan fingerprint density at radius 2 is 1.73 bits per heavy atom. The van der Waals surface area contributed by atoms with E-state index in [1.54, 1.807) is 17.3 Å². The molecule has 0 spiro atoms. The van der Waals surface area contributed by atoms with E-state index in [1.165, 1.54) is 22.9 Å². The van der Waals surface area contributed by atoms with Crippen molar-refractivity contribution in [1.82, 2.24) is 19.7 Å². The standard InChI is InChI=1S/C26H27N5OS/c1-5-30(22-9-7-6-8-10-22)25(32)20(4)33-26-29-28-24(21-13-15-27-16-14-21)31(26)23-12-11-18(2)19(3)17-23/h6-17,20H,5H2,1-4H3. The van der Waals surface area contributed by atoms with Gasteiger partial charge < -0.3 is 4.90 Å². The predicted octanol–water partition coefficient (Wildman–Crippen LogP) is 5.48. The molecule has 4 aromatic rings. The van der Waals surface area contributed by atoms with Crippen LogP contribution in [0.5, 0.6) is 0 Å². The molecule has 6 nitrogen and oxygen atoms in total. The molecule has 1 unspecified atom stereocenters. The van der Waals surface area contributed by atoms with Crippen LogP contribution >= 0.6 is 11.8 Å². The van der Waals surface area contributed by atoms with E-state index in [2.05, 4.69) is 47.2 Å². The van der Waals surface area contributed by atoms with Crippen LogP contribution in [0.15, 0.2) is 78.2 Å². The maximum Gasteiger partial charge on any atom is 0.240 e. The van der Waals surface area contributed by atoms with Gasteiger partial charge in [0, 0.05) is 30.2 Å². The van der Waals surface area contributed by atoms with E-state index in [1.807, 2.05) is 60.9 Å². The van der Waals surface area contributed by atoms with Crippen molar-refractivity contribution in [2.45, 2.75) is 38.1 Å². The molecule has 0 aliphatic carbocycles. The van der Waals surface area contributed by atoms with Crippen LogP contribution in [0.2, 0.25) is 0 Å². The van der Waals surface area contributed by atoms with Gasteiger partial charge in [0.05, 0.1) is 10.9 Å². The van der Waals surface area contributed by atoms with Crippen LogP contribution in [0.1, 0.15) is 25.0 Å². The van der Waals surface area contributed by atoms with Crippen molar-refractivity contribution < 1.29 is 4.79 Å². The average molecular weight is 458 g/mol. The second kappa shape index (κ2) is 10.0. The number of benzene rings is 2. The van der Waals surface area contributed by atoms with E-state index in [9.17, 15) is 4.79 Å². The molecular formula is C26H27N5OS. The van der Waals surface area contributed by atoms with E-state index in [4.69, 9.17) is 0 Å². The lowest BCUT2D eigenvalue weighted by Crippen LogP contribution is -2.36. The number of carbonyl (C=O) groups is 1. The van der Waals surface area contributed by atoms with Gasteiger partial charge in [-0.2, -0.15) is 0 Å². The van der Waals surface area contributed by atoms with Crippen LogP contribution in [0.4, 0.5) is 5.69 Å². The lowest BCUT2D eigenvalue weighted by atomic mass is 10.1. The summed E-state index contributed by atoms with van der Waals surface area (Å²) >= 11 is 1.42. The maximum absolute atomic E-state index is 13.3. The van der Waals surface area contributed by atoms with Crippen molar-refractivity contribution in [1.29, 1.82) is 0 Å². The maximum atomic E-state index is 13.3. The van der Waals surface area contributed by atoms with Gasteiger partial charge in [-0.25, -0.2) is 0 Å². The number of pyridine rings is 1. The minimum absolute atomic E-state index is 0.0359. The van der Waals surface area contributed by atoms with Gasteiger partial charge in [-0.3, -0.25) is 14.3 Å². The summed E-state index contributed by atoms with van der Waals surface area (Å²) in [5.41, 5.74) is 5.18. The molecule has 2 aromatic heterocycles. The summed E-state index contributed by atoms with van der Waals surface area (Å²) in [5, 5.41) is 9.31. The number of aryl methyl sites for hydroxylation is 2. The molecule has 7 heteroatoms. The summed E-state index contributed by atoms with van der Waals surface area (Å²) in [6, 6.07) is 19.9. The Kier molecular flexibility index (Phi) is 6.89. The van der Waals surface area contributed by atoms with Crippen LogP contribution in [-0.4, -0.2) is 37.5 Å². The summed E-state index contributed by atoms with van der Waals surface area (Å²) in [4.78, 5) is 19.3. The molecule has 0 fully saturated rings. The number of amides is 1. The second-order valence-corrected chi connectivity index (χ2v) is 9.13. The molecule has 1 amide bonds. The Bertz CT molecular complexity index is 1240. The summed E-state index contributed by atoms with van der Waals surface area (Å²) in [5.74, 6) is 0.756. The Balaban J connectivity index is 1.71. The number of anilines is 1. The zero-order valence-electron chi connectivity index (χ0n) is 19.3. The first-order chi connectivity index (χ1) is 16.0. The van der Waals surface area contributed by atoms with Crippen molar-refractivity contribution in [2.75, 3.05) is 11.4 Å². The highest BCUT2D eigenvalue weighted by Gasteiger charge is 2.25. The highest BCUT2D eigenvalue weighted by atomic mass is 32.2. The molecule has 0 saturated carbocycles. The molecule has 0 N–H and O–H groups in total. The summed E-state index contributed by atoms with van der Waals surface area (Å²) in [6.45, 7) is 8.69. The monoisotopic (exact) mass is 457 g/mol. The van der Waals surface area contributed by atoms with E-state index >= 15 is 0 Å². The van der Waals surface area contributed by atoms with Crippen LogP contribution in [-0.2, 0) is 4.79 Å². The predicted molar refractivity (Wildman–Crippen MR) is 134 cm³/mol. The van der Waals surface area contributed by atoms with E-state index in [-0.39, 0.29) is 11.2 Å². The van der Waals surface area contributed by atoms with Crippen LogP contribution < -0.4 is 4.90 Å². The number of para-hydroxylation sites is 1. The highest BCUT2D eigenvalue weighted by Crippen LogP contribution is 2.32. The van der Waals surface area contributed by atoms with E-state index in [0.29, 0.717) is 11.7 Å². The van der Waals surface area contributed by atoms with Gasteiger partial charge in [-0.15, -0.1) is 10.2 Å². The Morgan fingerprint density at radius 3 is 2.39 bits per heavy atom. The number of aromatic nitrogens is 4. The van der Waals surface area contributed by atoms with Gasteiger partial charge in [0.2, 0.25) is 5.91 Å². The van der Waals surface area contributed by atoms with Gasteiger partial charge in [0.15, 0.2) is 11.0 Å². The molecule has 0 aliphatic rings. The first kappa shape index (κ1) is 22.7. The minimum atomic E-state index is -0.343. The third-order valence-electron chi connectivity index (χ3n) is 5.60. The molecule has 0 radical (unpaired) electrons. The third-order valence-corrected chi connectivity index (χ3v) is 6.63. The Hall–Kier alpha value is -3.45. The van der Waals surface area contributed by atoms with Crippen LogP contribution in [0.25, 0.3) is 17.1 Å². The normalized spacial score (nSPS) is 11.9.